The van der Waals surface area contributed by atoms with Crippen LogP contribution in [0.15, 0.2) is 24.3 Å². The number of carboxylic acid groups (broad SMARTS) is 1. The Morgan fingerprint density at radius 3 is 2.55 bits per heavy atom. The lowest BCUT2D eigenvalue weighted by molar-refractivity contribution is -0.118. The zero-order valence-electron chi connectivity index (χ0n) is 11.7. The van der Waals surface area contributed by atoms with Gasteiger partial charge in [0.2, 0.25) is 5.91 Å². The molecule has 0 saturated carbocycles. The van der Waals surface area contributed by atoms with Crippen molar-refractivity contribution in [3.8, 4) is 0 Å². The molecular formula is C15H21NO3S. The molecule has 0 radical (unpaired) electrons. The van der Waals surface area contributed by atoms with Crippen LogP contribution in [0.3, 0.4) is 0 Å². The highest BCUT2D eigenvalue weighted by atomic mass is 32.2. The van der Waals surface area contributed by atoms with E-state index in [2.05, 4.69) is 12.2 Å². The number of unbranched alkanes of at least 4 members (excludes halogenated alkanes) is 1. The van der Waals surface area contributed by atoms with E-state index in [1.165, 1.54) is 0 Å². The van der Waals surface area contributed by atoms with Crippen LogP contribution in [-0.2, 0) is 11.2 Å². The molecule has 0 aliphatic heterocycles. The van der Waals surface area contributed by atoms with E-state index in [1.807, 2.05) is 0 Å². The molecule has 0 aliphatic rings. The van der Waals surface area contributed by atoms with Crippen LogP contribution in [-0.4, -0.2) is 35.0 Å². The maximum absolute atomic E-state index is 11.5. The molecule has 1 aromatic rings. The van der Waals surface area contributed by atoms with Gasteiger partial charge in [0.25, 0.3) is 0 Å². The van der Waals surface area contributed by atoms with E-state index >= 15 is 0 Å². The van der Waals surface area contributed by atoms with Gasteiger partial charge in [-0.25, -0.2) is 4.79 Å². The lowest BCUT2D eigenvalue weighted by Crippen LogP contribution is -2.27. The first-order valence-electron chi connectivity index (χ1n) is 6.80. The summed E-state index contributed by atoms with van der Waals surface area (Å²) in [5.41, 5.74) is 1.30. The van der Waals surface area contributed by atoms with Crippen molar-refractivity contribution in [3.63, 3.8) is 0 Å². The van der Waals surface area contributed by atoms with Crippen LogP contribution in [0.1, 0.15) is 35.7 Å². The first-order chi connectivity index (χ1) is 9.63. The number of nitrogens with one attached hydrogen (secondary N) is 1. The molecule has 0 atom stereocenters. The molecule has 20 heavy (non-hydrogen) atoms. The Labute approximate surface area is 124 Å². The maximum Gasteiger partial charge on any atom is 0.335 e. The van der Waals surface area contributed by atoms with Gasteiger partial charge >= 0.3 is 5.97 Å². The van der Waals surface area contributed by atoms with Crippen molar-refractivity contribution in [2.45, 2.75) is 26.2 Å². The smallest absolute Gasteiger partial charge is 0.335 e. The molecule has 0 saturated heterocycles. The van der Waals surface area contributed by atoms with Crippen LogP contribution >= 0.6 is 11.8 Å². The first kappa shape index (κ1) is 16.6. The molecule has 1 rings (SSSR count). The van der Waals surface area contributed by atoms with Crippen molar-refractivity contribution in [1.82, 2.24) is 5.32 Å². The number of hydrogen-bond acceptors (Lipinski definition) is 3. The van der Waals surface area contributed by atoms with Crippen LogP contribution in [0.25, 0.3) is 0 Å². The molecule has 0 aliphatic carbocycles. The number of carboxylic acids is 1. The molecular weight excluding hydrogens is 274 g/mol. The summed E-state index contributed by atoms with van der Waals surface area (Å²) in [6.45, 7) is 2.72. The van der Waals surface area contributed by atoms with Gasteiger partial charge in [-0.05, 0) is 36.3 Å². The van der Waals surface area contributed by atoms with Crippen LogP contribution in [0.4, 0.5) is 0 Å². The predicted octanol–water partition coefficient (Wildman–Crippen LogP) is 2.58. The van der Waals surface area contributed by atoms with Gasteiger partial charge in [0.05, 0.1) is 11.3 Å². The third-order valence-corrected chi connectivity index (χ3v) is 3.86. The highest BCUT2D eigenvalue weighted by Crippen LogP contribution is 2.05. The van der Waals surface area contributed by atoms with Gasteiger partial charge in [-0.15, -0.1) is 0 Å². The number of amides is 1. The second kappa shape index (κ2) is 9.42. The lowest BCUT2D eigenvalue weighted by atomic mass is 10.1. The minimum Gasteiger partial charge on any atom is -0.478 e. The zero-order chi connectivity index (χ0) is 14.8. The van der Waals surface area contributed by atoms with Gasteiger partial charge in [-0.2, -0.15) is 11.8 Å². The molecule has 1 aromatic carbocycles. The van der Waals surface area contributed by atoms with Gasteiger partial charge in [0, 0.05) is 6.54 Å². The Bertz CT molecular complexity index is 431. The van der Waals surface area contributed by atoms with E-state index in [1.54, 1.807) is 36.0 Å². The van der Waals surface area contributed by atoms with Crippen molar-refractivity contribution in [2.24, 2.45) is 0 Å². The molecule has 0 aromatic heterocycles. The molecule has 5 heteroatoms. The highest BCUT2D eigenvalue weighted by Gasteiger charge is 2.03. The average molecular weight is 295 g/mol. The summed E-state index contributed by atoms with van der Waals surface area (Å²) in [5, 5.41) is 11.7. The van der Waals surface area contributed by atoms with Crippen LogP contribution in [0.5, 0.6) is 0 Å². The summed E-state index contributed by atoms with van der Waals surface area (Å²) >= 11 is 1.66. The Morgan fingerprint density at radius 1 is 1.25 bits per heavy atom. The summed E-state index contributed by atoms with van der Waals surface area (Å²) in [4.78, 5) is 22.2. The molecule has 0 fully saturated rings. The van der Waals surface area contributed by atoms with Crippen molar-refractivity contribution in [2.75, 3.05) is 18.1 Å². The van der Waals surface area contributed by atoms with E-state index in [-0.39, 0.29) is 11.5 Å². The second-order valence-corrected chi connectivity index (χ2v) is 5.61. The number of benzene rings is 1. The topological polar surface area (TPSA) is 66.4 Å². The van der Waals surface area contributed by atoms with Gasteiger partial charge in [0.1, 0.15) is 0 Å². The monoisotopic (exact) mass is 295 g/mol. The number of hydrogen-bond donors (Lipinski definition) is 2. The average Bonchev–Trinajstić information content (AvgIpc) is 2.44. The number of thioether (sulfide) groups is 1. The normalized spacial score (nSPS) is 10.2. The minimum atomic E-state index is -0.922. The van der Waals surface area contributed by atoms with E-state index in [0.29, 0.717) is 18.7 Å². The molecule has 0 unspecified atom stereocenters. The van der Waals surface area contributed by atoms with Crippen molar-refractivity contribution >= 4 is 23.6 Å². The summed E-state index contributed by atoms with van der Waals surface area (Å²) in [6, 6.07) is 6.73. The fraction of sp³-hybridized carbons (Fsp3) is 0.467. The fourth-order valence-electron chi connectivity index (χ4n) is 1.62. The Balaban J connectivity index is 2.20. The van der Waals surface area contributed by atoms with Crippen LogP contribution < -0.4 is 5.32 Å². The highest BCUT2D eigenvalue weighted by molar-refractivity contribution is 7.99. The van der Waals surface area contributed by atoms with Crippen molar-refractivity contribution in [1.29, 1.82) is 0 Å². The van der Waals surface area contributed by atoms with Crippen molar-refractivity contribution < 1.29 is 14.7 Å². The van der Waals surface area contributed by atoms with E-state index in [9.17, 15) is 9.59 Å². The lowest BCUT2D eigenvalue weighted by Gasteiger charge is -2.05. The minimum absolute atomic E-state index is 0.0632. The number of carbonyl (C=O) groups excluding carboxylic acids is 1. The van der Waals surface area contributed by atoms with E-state index in [4.69, 9.17) is 5.11 Å². The van der Waals surface area contributed by atoms with Crippen molar-refractivity contribution in [3.05, 3.63) is 35.4 Å². The summed E-state index contributed by atoms with van der Waals surface area (Å²) < 4.78 is 0. The summed E-state index contributed by atoms with van der Waals surface area (Å²) in [6.07, 6.45) is 3.01. The van der Waals surface area contributed by atoms with Gasteiger partial charge in [0.15, 0.2) is 0 Å². The Morgan fingerprint density at radius 2 is 1.95 bits per heavy atom. The second-order valence-electron chi connectivity index (χ2n) is 4.51. The molecule has 2 N–H and O–H groups in total. The molecule has 1 amide bonds. The predicted molar refractivity (Wildman–Crippen MR) is 82.3 cm³/mol. The molecule has 110 valence electrons. The van der Waals surface area contributed by atoms with Gasteiger partial charge < -0.3 is 10.4 Å². The zero-order valence-corrected chi connectivity index (χ0v) is 12.5. The van der Waals surface area contributed by atoms with E-state index < -0.39 is 5.97 Å². The molecule has 4 nitrogen and oxygen atoms in total. The summed E-state index contributed by atoms with van der Waals surface area (Å²) in [5.74, 6) is 0.681. The molecule has 0 spiro atoms. The number of rotatable bonds is 9. The molecule has 0 heterocycles. The third kappa shape index (κ3) is 6.61. The van der Waals surface area contributed by atoms with Gasteiger partial charge in [-0.1, -0.05) is 25.5 Å². The Kier molecular flexibility index (Phi) is 7.80. The number of aromatic carboxylic acids is 1. The quantitative estimate of drug-likeness (QED) is 0.687. The van der Waals surface area contributed by atoms with Gasteiger partial charge in [-0.3, -0.25) is 4.79 Å². The fourth-order valence-corrected chi connectivity index (χ4v) is 2.55. The third-order valence-electron chi connectivity index (χ3n) is 2.81. The summed E-state index contributed by atoms with van der Waals surface area (Å²) in [7, 11) is 0. The largest absolute Gasteiger partial charge is 0.478 e. The van der Waals surface area contributed by atoms with Crippen LogP contribution in [0.2, 0.25) is 0 Å². The SMILES string of the molecule is CCCCSCC(=O)NCCc1ccc(C(=O)O)cc1. The first-order valence-corrected chi connectivity index (χ1v) is 7.95. The maximum atomic E-state index is 11.5. The Hall–Kier alpha value is -1.49. The standard InChI is InChI=1S/C15H21NO3S/c1-2-3-10-20-11-14(17)16-9-8-12-4-6-13(7-5-12)15(18)19/h4-7H,2-3,8-11H2,1H3,(H,16,17)(H,18,19). The molecule has 0 bridgehead atoms. The number of carbonyl (C=O) groups is 2. The van der Waals surface area contributed by atoms with Crippen LogP contribution in [0, 0.1) is 0 Å². The van der Waals surface area contributed by atoms with E-state index in [0.717, 1.165) is 24.2 Å².